The van der Waals surface area contributed by atoms with Crippen molar-refractivity contribution in [2.75, 3.05) is 12.4 Å². The molecule has 4 heteroatoms. The van der Waals surface area contributed by atoms with Gasteiger partial charge >= 0.3 is 0 Å². The van der Waals surface area contributed by atoms with Gasteiger partial charge in [-0.1, -0.05) is 6.07 Å². The van der Waals surface area contributed by atoms with Gasteiger partial charge in [0, 0.05) is 17.1 Å². The Bertz CT molecular complexity index is 392. The average Bonchev–Trinajstić information content (AvgIpc) is 2.79. The Hall–Kier alpha value is -1.00. The van der Waals surface area contributed by atoms with E-state index in [-0.39, 0.29) is 5.82 Å². The molecule has 1 aromatic rings. The summed E-state index contributed by atoms with van der Waals surface area (Å²) in [4.78, 5) is 0.817. The van der Waals surface area contributed by atoms with E-state index in [4.69, 9.17) is 4.74 Å². The van der Waals surface area contributed by atoms with E-state index in [0.29, 0.717) is 18.1 Å². The fraction of sp³-hybridized carbons (Fsp3) is 0.333. The molecule has 0 fully saturated rings. The Kier molecular flexibility index (Phi) is 3.85. The summed E-state index contributed by atoms with van der Waals surface area (Å²) in [5, 5.41) is 9.77. The van der Waals surface area contributed by atoms with Gasteiger partial charge in [-0.15, -0.1) is 11.8 Å². The fourth-order valence-electron chi connectivity index (χ4n) is 1.48. The van der Waals surface area contributed by atoms with Crippen molar-refractivity contribution in [3.63, 3.8) is 0 Å². The van der Waals surface area contributed by atoms with Crippen LogP contribution >= 0.6 is 11.8 Å². The second-order valence-corrected chi connectivity index (χ2v) is 4.62. The summed E-state index contributed by atoms with van der Waals surface area (Å²) in [7, 11) is 0. The van der Waals surface area contributed by atoms with Gasteiger partial charge in [-0.2, -0.15) is 0 Å². The van der Waals surface area contributed by atoms with E-state index in [2.05, 4.69) is 0 Å². The second kappa shape index (κ2) is 5.37. The lowest BCUT2D eigenvalue weighted by atomic mass is 10.3. The van der Waals surface area contributed by atoms with Crippen molar-refractivity contribution in [2.24, 2.45) is 0 Å². The molecule has 1 atom stereocenters. The Labute approximate surface area is 98.1 Å². The van der Waals surface area contributed by atoms with Crippen LogP contribution in [0.1, 0.15) is 6.42 Å². The minimum atomic E-state index is -0.601. The van der Waals surface area contributed by atoms with Crippen LogP contribution < -0.4 is 0 Å². The summed E-state index contributed by atoms with van der Waals surface area (Å²) < 4.78 is 18.1. The van der Waals surface area contributed by atoms with Crippen LogP contribution in [0.3, 0.4) is 0 Å². The molecule has 0 amide bonds. The van der Waals surface area contributed by atoms with Crippen LogP contribution in [0.2, 0.25) is 0 Å². The predicted molar refractivity (Wildman–Crippen MR) is 61.8 cm³/mol. The van der Waals surface area contributed by atoms with Crippen molar-refractivity contribution in [3.05, 3.63) is 41.9 Å². The molecule has 0 spiro atoms. The molecule has 0 radical (unpaired) electrons. The summed E-state index contributed by atoms with van der Waals surface area (Å²) in [5.74, 6) is 0.870. The molecular weight excluding hydrogens is 227 g/mol. The third-order valence-corrected chi connectivity index (χ3v) is 3.33. The molecule has 86 valence electrons. The molecule has 1 heterocycles. The Balaban J connectivity index is 1.87. The maximum atomic E-state index is 12.9. The zero-order chi connectivity index (χ0) is 11.4. The van der Waals surface area contributed by atoms with Crippen molar-refractivity contribution >= 4 is 11.8 Å². The lowest BCUT2D eigenvalue weighted by Gasteiger charge is -2.11. The van der Waals surface area contributed by atoms with Crippen molar-refractivity contribution in [1.82, 2.24) is 0 Å². The number of hydrogen-bond donors (Lipinski definition) is 1. The Morgan fingerprint density at radius 2 is 2.38 bits per heavy atom. The third kappa shape index (κ3) is 3.00. The molecular formula is C12H13FO2S. The molecule has 1 unspecified atom stereocenters. The molecule has 2 nitrogen and oxygen atoms in total. The van der Waals surface area contributed by atoms with E-state index in [0.717, 1.165) is 11.3 Å². The average molecular weight is 240 g/mol. The van der Waals surface area contributed by atoms with Crippen molar-refractivity contribution in [1.29, 1.82) is 0 Å². The standard InChI is InChI=1S/C12H13FO2S/c13-9-3-1-4-10(7-9)16-8-11(14)12-5-2-6-15-12/h1,3-5,7,11,14H,2,6,8H2. The fourth-order valence-corrected chi connectivity index (χ4v) is 2.37. The molecule has 1 aliphatic heterocycles. The maximum Gasteiger partial charge on any atom is 0.124 e. The van der Waals surface area contributed by atoms with Crippen LogP contribution in [-0.4, -0.2) is 23.6 Å². The predicted octanol–water partition coefficient (Wildman–Crippen LogP) is 2.58. The molecule has 0 saturated heterocycles. The lowest BCUT2D eigenvalue weighted by molar-refractivity contribution is 0.133. The monoisotopic (exact) mass is 240 g/mol. The largest absolute Gasteiger partial charge is 0.495 e. The lowest BCUT2D eigenvalue weighted by Crippen LogP contribution is -2.13. The molecule has 1 aromatic carbocycles. The zero-order valence-electron chi connectivity index (χ0n) is 8.73. The molecule has 1 aliphatic rings. The first-order valence-corrected chi connectivity index (χ1v) is 6.13. The summed E-state index contributed by atoms with van der Waals surface area (Å²) in [6.07, 6.45) is 2.16. The number of rotatable bonds is 4. The summed E-state index contributed by atoms with van der Waals surface area (Å²) in [5.41, 5.74) is 0. The smallest absolute Gasteiger partial charge is 0.124 e. The first-order chi connectivity index (χ1) is 7.75. The third-order valence-electron chi connectivity index (χ3n) is 2.26. The van der Waals surface area contributed by atoms with Gasteiger partial charge in [0.25, 0.3) is 0 Å². The highest BCUT2D eigenvalue weighted by molar-refractivity contribution is 7.99. The number of aliphatic hydroxyl groups excluding tert-OH is 1. The molecule has 0 saturated carbocycles. The highest BCUT2D eigenvalue weighted by Crippen LogP contribution is 2.23. The van der Waals surface area contributed by atoms with Crippen molar-refractivity contribution in [3.8, 4) is 0 Å². The van der Waals surface area contributed by atoms with E-state index < -0.39 is 6.10 Å². The van der Waals surface area contributed by atoms with Crippen LogP contribution in [-0.2, 0) is 4.74 Å². The van der Waals surface area contributed by atoms with Gasteiger partial charge in [-0.3, -0.25) is 0 Å². The van der Waals surface area contributed by atoms with E-state index in [1.54, 1.807) is 6.07 Å². The second-order valence-electron chi connectivity index (χ2n) is 3.53. The first kappa shape index (κ1) is 11.5. The molecule has 0 aromatic heterocycles. The van der Waals surface area contributed by atoms with E-state index in [9.17, 15) is 9.50 Å². The number of ether oxygens (including phenoxy) is 1. The van der Waals surface area contributed by atoms with E-state index >= 15 is 0 Å². The summed E-state index contributed by atoms with van der Waals surface area (Å²) >= 11 is 1.42. The van der Waals surface area contributed by atoms with Gasteiger partial charge in [-0.05, 0) is 24.3 Å². The van der Waals surface area contributed by atoms with E-state index in [1.807, 2.05) is 12.1 Å². The normalized spacial score (nSPS) is 16.8. The van der Waals surface area contributed by atoms with Crippen LogP contribution in [0, 0.1) is 5.82 Å². The summed E-state index contributed by atoms with van der Waals surface area (Å²) in [6.45, 7) is 0.650. The summed E-state index contributed by atoms with van der Waals surface area (Å²) in [6, 6.07) is 6.35. The molecule has 2 rings (SSSR count). The minimum Gasteiger partial charge on any atom is -0.495 e. The van der Waals surface area contributed by atoms with Gasteiger partial charge in [0.15, 0.2) is 0 Å². The van der Waals surface area contributed by atoms with E-state index in [1.165, 1.54) is 23.9 Å². The quantitative estimate of drug-likeness (QED) is 0.820. The number of benzene rings is 1. The van der Waals surface area contributed by atoms with Crippen LogP contribution in [0.25, 0.3) is 0 Å². The van der Waals surface area contributed by atoms with Crippen molar-refractivity contribution < 1.29 is 14.2 Å². The van der Waals surface area contributed by atoms with Crippen LogP contribution in [0.15, 0.2) is 41.0 Å². The Morgan fingerprint density at radius 1 is 1.50 bits per heavy atom. The minimum absolute atomic E-state index is 0.254. The van der Waals surface area contributed by atoms with Gasteiger partial charge in [0.05, 0.1) is 6.61 Å². The van der Waals surface area contributed by atoms with Crippen LogP contribution in [0.4, 0.5) is 4.39 Å². The number of aliphatic hydroxyl groups is 1. The van der Waals surface area contributed by atoms with Gasteiger partial charge in [0.2, 0.25) is 0 Å². The SMILES string of the molecule is OC(CSc1cccc(F)c1)C1=CCCO1. The number of halogens is 1. The molecule has 0 bridgehead atoms. The Morgan fingerprint density at radius 3 is 3.06 bits per heavy atom. The molecule has 16 heavy (non-hydrogen) atoms. The first-order valence-electron chi connectivity index (χ1n) is 5.15. The molecule has 1 N–H and O–H groups in total. The zero-order valence-corrected chi connectivity index (χ0v) is 9.54. The number of thioether (sulfide) groups is 1. The molecule has 0 aliphatic carbocycles. The maximum absolute atomic E-state index is 12.9. The number of hydrogen-bond acceptors (Lipinski definition) is 3. The van der Waals surface area contributed by atoms with Gasteiger partial charge in [0.1, 0.15) is 17.7 Å². The van der Waals surface area contributed by atoms with Crippen molar-refractivity contribution in [2.45, 2.75) is 17.4 Å². The highest BCUT2D eigenvalue weighted by Gasteiger charge is 2.16. The van der Waals surface area contributed by atoms with Gasteiger partial charge < -0.3 is 9.84 Å². The highest BCUT2D eigenvalue weighted by atomic mass is 32.2. The topological polar surface area (TPSA) is 29.5 Å². The van der Waals surface area contributed by atoms with Crippen LogP contribution in [0.5, 0.6) is 0 Å². The van der Waals surface area contributed by atoms with Gasteiger partial charge in [-0.25, -0.2) is 4.39 Å².